The standard InChI is InChI=1S/C5H10N2O/c1-4-3-8-7(2)5(4)6/h4,6H,3H2,1-2H3/p+1. The summed E-state index contributed by atoms with van der Waals surface area (Å²) in [6.07, 6.45) is 0. The third-order valence-electron chi connectivity index (χ3n) is 1.39. The van der Waals surface area contributed by atoms with Crippen molar-refractivity contribution in [2.24, 2.45) is 11.7 Å². The molecule has 0 saturated carbocycles. The lowest BCUT2D eigenvalue weighted by atomic mass is 10.2. The molecule has 0 fully saturated rings. The molecule has 2 N–H and O–H groups in total. The molecule has 0 radical (unpaired) electrons. The van der Waals surface area contributed by atoms with Crippen LogP contribution in [-0.4, -0.2) is 24.2 Å². The number of rotatable bonds is 0. The van der Waals surface area contributed by atoms with Crippen molar-refractivity contribution < 1.29 is 9.58 Å². The van der Waals surface area contributed by atoms with Gasteiger partial charge in [0.2, 0.25) is 0 Å². The van der Waals surface area contributed by atoms with Crippen molar-refractivity contribution in [2.45, 2.75) is 6.92 Å². The number of hydroxylamine groups is 1. The Kier molecular flexibility index (Phi) is 1.12. The fourth-order valence-corrected chi connectivity index (χ4v) is 0.694. The number of nitrogens with zero attached hydrogens (tertiary/aromatic N) is 1. The maximum absolute atomic E-state index is 5.54. The van der Waals surface area contributed by atoms with E-state index in [0.717, 1.165) is 12.4 Å². The van der Waals surface area contributed by atoms with Gasteiger partial charge in [-0.05, 0) is 6.92 Å². The molecule has 1 atom stereocenters. The zero-order valence-corrected chi connectivity index (χ0v) is 5.22. The average molecular weight is 115 g/mol. The van der Waals surface area contributed by atoms with Crippen LogP contribution in [0.4, 0.5) is 0 Å². The second kappa shape index (κ2) is 1.65. The van der Waals surface area contributed by atoms with Gasteiger partial charge in [0.25, 0.3) is 5.84 Å². The van der Waals surface area contributed by atoms with Crippen LogP contribution >= 0.6 is 0 Å². The highest BCUT2D eigenvalue weighted by molar-refractivity contribution is 5.78. The van der Waals surface area contributed by atoms with Gasteiger partial charge in [0.15, 0.2) is 6.61 Å². The molecule has 0 spiro atoms. The summed E-state index contributed by atoms with van der Waals surface area (Å²) in [5.74, 6) is 1.21. The van der Waals surface area contributed by atoms with Gasteiger partial charge in [-0.15, -0.1) is 0 Å². The maximum Gasteiger partial charge on any atom is 0.287 e. The van der Waals surface area contributed by atoms with Gasteiger partial charge in [0.05, 0.1) is 5.92 Å². The Morgan fingerprint density at radius 3 is 2.62 bits per heavy atom. The first kappa shape index (κ1) is 5.41. The van der Waals surface area contributed by atoms with Crippen LogP contribution in [0.2, 0.25) is 0 Å². The lowest BCUT2D eigenvalue weighted by molar-refractivity contribution is -0.758. The van der Waals surface area contributed by atoms with Crippen LogP contribution in [0.3, 0.4) is 0 Å². The van der Waals surface area contributed by atoms with Crippen molar-refractivity contribution in [1.82, 2.24) is 0 Å². The number of hydrogen-bond acceptors (Lipinski definition) is 2. The average Bonchev–Trinajstić information content (AvgIpc) is 1.98. The summed E-state index contributed by atoms with van der Waals surface area (Å²) in [6.45, 7) is 2.77. The van der Waals surface area contributed by atoms with Crippen LogP contribution in [0, 0.1) is 5.92 Å². The van der Waals surface area contributed by atoms with Crippen LogP contribution in [0.5, 0.6) is 0 Å². The SMILES string of the molecule is CC1CO[N+](C)=C1N. The summed E-state index contributed by atoms with van der Waals surface area (Å²) in [6, 6.07) is 0. The largest absolute Gasteiger partial charge is 0.340 e. The molecule has 3 heteroatoms. The van der Waals surface area contributed by atoms with Crippen molar-refractivity contribution in [1.29, 1.82) is 0 Å². The van der Waals surface area contributed by atoms with E-state index >= 15 is 0 Å². The highest BCUT2D eigenvalue weighted by Gasteiger charge is 2.23. The van der Waals surface area contributed by atoms with E-state index in [1.165, 1.54) is 0 Å². The molecular formula is C5H11N2O+. The molecule has 0 aliphatic carbocycles. The zero-order valence-electron chi connectivity index (χ0n) is 5.22. The van der Waals surface area contributed by atoms with Crippen LogP contribution in [-0.2, 0) is 4.84 Å². The van der Waals surface area contributed by atoms with Gasteiger partial charge in [-0.1, -0.05) is 4.74 Å². The molecule has 1 aliphatic heterocycles. The summed E-state index contributed by atoms with van der Waals surface area (Å²) in [5, 5.41) is 0. The fourth-order valence-electron chi connectivity index (χ4n) is 0.694. The second-order valence-corrected chi connectivity index (χ2v) is 2.12. The Balaban J connectivity index is 2.71. The quantitative estimate of drug-likeness (QED) is 0.435. The van der Waals surface area contributed by atoms with Gasteiger partial charge in [0, 0.05) is 0 Å². The van der Waals surface area contributed by atoms with E-state index < -0.39 is 0 Å². The topological polar surface area (TPSA) is 38.3 Å². The van der Waals surface area contributed by atoms with E-state index in [4.69, 9.17) is 10.6 Å². The van der Waals surface area contributed by atoms with Crippen LogP contribution in [0.1, 0.15) is 6.92 Å². The fraction of sp³-hybridized carbons (Fsp3) is 0.800. The molecule has 0 aromatic rings. The van der Waals surface area contributed by atoms with Crippen LogP contribution < -0.4 is 5.73 Å². The van der Waals surface area contributed by atoms with Gasteiger partial charge in [-0.3, -0.25) is 5.73 Å². The van der Waals surface area contributed by atoms with E-state index in [1.54, 1.807) is 4.74 Å². The van der Waals surface area contributed by atoms with Gasteiger partial charge in [-0.25, -0.2) is 0 Å². The Labute approximate surface area is 48.7 Å². The molecule has 0 amide bonds. The van der Waals surface area contributed by atoms with Crippen LogP contribution in [0.15, 0.2) is 0 Å². The van der Waals surface area contributed by atoms with Gasteiger partial charge >= 0.3 is 0 Å². The Morgan fingerprint density at radius 2 is 2.50 bits per heavy atom. The van der Waals surface area contributed by atoms with E-state index in [-0.39, 0.29) is 0 Å². The highest BCUT2D eigenvalue weighted by atomic mass is 16.7. The normalized spacial score (nSPS) is 28.5. The molecule has 0 aromatic heterocycles. The van der Waals surface area contributed by atoms with E-state index in [0.29, 0.717) is 5.92 Å². The molecule has 0 aromatic carbocycles. The van der Waals surface area contributed by atoms with Crippen molar-refractivity contribution in [3.8, 4) is 0 Å². The van der Waals surface area contributed by atoms with Crippen molar-refractivity contribution in [2.75, 3.05) is 13.7 Å². The minimum absolute atomic E-state index is 0.389. The zero-order chi connectivity index (χ0) is 6.15. The van der Waals surface area contributed by atoms with E-state index in [9.17, 15) is 0 Å². The summed E-state index contributed by atoms with van der Waals surface area (Å²) < 4.78 is 1.62. The van der Waals surface area contributed by atoms with Gasteiger partial charge in [0.1, 0.15) is 7.05 Å². The lowest BCUT2D eigenvalue weighted by Crippen LogP contribution is -2.23. The number of nitrogens with two attached hydrogens (primary N) is 1. The smallest absolute Gasteiger partial charge is 0.287 e. The lowest BCUT2D eigenvalue weighted by Gasteiger charge is -1.87. The molecule has 3 nitrogen and oxygen atoms in total. The molecule has 8 heavy (non-hydrogen) atoms. The molecule has 0 saturated heterocycles. The Hall–Kier alpha value is -0.730. The van der Waals surface area contributed by atoms with E-state index in [1.807, 2.05) is 14.0 Å². The second-order valence-electron chi connectivity index (χ2n) is 2.12. The maximum atomic E-state index is 5.54. The first-order valence-electron chi connectivity index (χ1n) is 2.71. The van der Waals surface area contributed by atoms with Gasteiger partial charge < -0.3 is 4.84 Å². The minimum Gasteiger partial charge on any atom is -0.340 e. The number of hydrogen-bond donors (Lipinski definition) is 1. The summed E-state index contributed by atoms with van der Waals surface area (Å²) in [5.41, 5.74) is 5.54. The third kappa shape index (κ3) is 0.638. The highest BCUT2D eigenvalue weighted by Crippen LogP contribution is 2.02. The van der Waals surface area contributed by atoms with Gasteiger partial charge in [-0.2, -0.15) is 0 Å². The summed E-state index contributed by atoms with van der Waals surface area (Å²) in [7, 11) is 1.82. The molecule has 1 aliphatic rings. The Bertz CT molecular complexity index is 130. The summed E-state index contributed by atoms with van der Waals surface area (Å²) in [4.78, 5) is 5.05. The Morgan fingerprint density at radius 1 is 1.88 bits per heavy atom. The first-order valence-corrected chi connectivity index (χ1v) is 2.71. The third-order valence-corrected chi connectivity index (χ3v) is 1.39. The van der Waals surface area contributed by atoms with Crippen molar-refractivity contribution in [3.05, 3.63) is 0 Å². The minimum atomic E-state index is 0.389. The van der Waals surface area contributed by atoms with Crippen molar-refractivity contribution >= 4 is 5.84 Å². The molecule has 46 valence electrons. The first-order chi connectivity index (χ1) is 3.72. The number of amidine groups is 1. The molecule has 1 heterocycles. The summed E-state index contributed by atoms with van der Waals surface area (Å²) >= 11 is 0. The van der Waals surface area contributed by atoms with Crippen molar-refractivity contribution in [3.63, 3.8) is 0 Å². The van der Waals surface area contributed by atoms with E-state index in [2.05, 4.69) is 0 Å². The molecular weight excluding hydrogens is 104 g/mol. The molecule has 0 bridgehead atoms. The molecule has 1 unspecified atom stereocenters. The molecule has 1 rings (SSSR count). The predicted octanol–water partition coefficient (Wildman–Crippen LogP) is -0.433. The predicted molar refractivity (Wildman–Crippen MR) is 30.5 cm³/mol. The van der Waals surface area contributed by atoms with Crippen LogP contribution in [0.25, 0.3) is 0 Å². The monoisotopic (exact) mass is 115 g/mol.